The van der Waals surface area contributed by atoms with Gasteiger partial charge < -0.3 is 19.7 Å². The van der Waals surface area contributed by atoms with Crippen LogP contribution in [0.1, 0.15) is 25.0 Å². The van der Waals surface area contributed by atoms with Gasteiger partial charge in [-0.2, -0.15) is 0 Å². The molecule has 6 nitrogen and oxygen atoms in total. The van der Waals surface area contributed by atoms with Gasteiger partial charge >= 0.3 is 0 Å². The highest BCUT2D eigenvalue weighted by Gasteiger charge is 2.31. The monoisotopic (exact) mass is 444 g/mol. The van der Waals surface area contributed by atoms with Gasteiger partial charge in [-0.05, 0) is 55.2 Å². The Labute approximate surface area is 194 Å². The van der Waals surface area contributed by atoms with Gasteiger partial charge in [-0.15, -0.1) is 0 Å². The van der Waals surface area contributed by atoms with Crippen molar-refractivity contribution in [1.29, 1.82) is 0 Å². The molecule has 3 aromatic rings. The molecular weight excluding hydrogens is 416 g/mol. The van der Waals surface area contributed by atoms with Crippen LogP contribution in [0.3, 0.4) is 0 Å². The van der Waals surface area contributed by atoms with E-state index in [1.807, 2.05) is 60.7 Å². The Morgan fingerprint density at radius 3 is 2.52 bits per heavy atom. The van der Waals surface area contributed by atoms with Crippen LogP contribution in [0.25, 0.3) is 0 Å². The number of carbonyl (C=O) groups excluding carboxylic acids is 2. The molecule has 0 saturated heterocycles. The second-order valence-corrected chi connectivity index (χ2v) is 8.00. The first kappa shape index (κ1) is 22.4. The quantitative estimate of drug-likeness (QED) is 0.550. The summed E-state index contributed by atoms with van der Waals surface area (Å²) in [5, 5.41) is 2.84. The van der Waals surface area contributed by atoms with E-state index >= 15 is 0 Å². The zero-order valence-electron chi connectivity index (χ0n) is 18.9. The Hall–Kier alpha value is -3.80. The van der Waals surface area contributed by atoms with E-state index in [2.05, 4.69) is 12.2 Å². The molecule has 0 radical (unpaired) electrons. The molecule has 33 heavy (non-hydrogen) atoms. The highest BCUT2D eigenvalue weighted by atomic mass is 16.5. The summed E-state index contributed by atoms with van der Waals surface area (Å²) in [6, 6.07) is 23.1. The number of rotatable bonds is 8. The van der Waals surface area contributed by atoms with Crippen molar-refractivity contribution in [2.24, 2.45) is 0 Å². The van der Waals surface area contributed by atoms with Crippen LogP contribution in [0.5, 0.6) is 11.5 Å². The van der Waals surface area contributed by atoms with Gasteiger partial charge in [-0.3, -0.25) is 9.59 Å². The molecule has 0 aliphatic carbocycles. The minimum absolute atomic E-state index is 0.0716. The number of anilines is 2. The summed E-state index contributed by atoms with van der Waals surface area (Å²) in [4.78, 5) is 26.9. The Balaban J connectivity index is 1.40. The van der Waals surface area contributed by atoms with Crippen LogP contribution in [-0.4, -0.2) is 31.1 Å². The summed E-state index contributed by atoms with van der Waals surface area (Å²) in [5.41, 5.74) is 3.68. The minimum Gasteiger partial charge on any atom is -0.484 e. The van der Waals surface area contributed by atoms with Crippen molar-refractivity contribution >= 4 is 23.2 Å². The van der Waals surface area contributed by atoms with Gasteiger partial charge in [0.15, 0.2) is 12.7 Å². The molecule has 1 unspecified atom stereocenters. The number of nitrogens with one attached hydrogen (secondary N) is 1. The first-order valence-electron chi connectivity index (χ1n) is 11.2. The fourth-order valence-electron chi connectivity index (χ4n) is 3.77. The molecular formula is C27H28N2O4. The number of benzene rings is 3. The third-order valence-electron chi connectivity index (χ3n) is 5.62. The van der Waals surface area contributed by atoms with E-state index in [0.29, 0.717) is 29.4 Å². The van der Waals surface area contributed by atoms with Crippen LogP contribution in [-0.2, 0) is 22.4 Å². The van der Waals surface area contributed by atoms with Gasteiger partial charge in [0.1, 0.15) is 11.5 Å². The first-order valence-corrected chi connectivity index (χ1v) is 11.2. The van der Waals surface area contributed by atoms with Crippen LogP contribution < -0.4 is 19.7 Å². The fraction of sp³-hybridized carbons (Fsp3) is 0.259. The molecule has 2 amide bonds. The molecule has 1 aliphatic heterocycles. The van der Waals surface area contributed by atoms with Crippen LogP contribution in [0.4, 0.5) is 11.4 Å². The maximum Gasteiger partial charge on any atom is 0.267 e. The average molecular weight is 445 g/mol. The van der Waals surface area contributed by atoms with Crippen molar-refractivity contribution in [1.82, 2.24) is 0 Å². The summed E-state index contributed by atoms with van der Waals surface area (Å²) in [6.45, 7) is 4.29. The molecule has 0 fully saturated rings. The number of fused-ring (bicyclic) bond motifs is 1. The van der Waals surface area contributed by atoms with E-state index in [1.54, 1.807) is 24.0 Å². The summed E-state index contributed by atoms with van der Waals surface area (Å²) in [6.07, 6.45) is 1.11. The van der Waals surface area contributed by atoms with Crippen LogP contribution in [0, 0.1) is 0 Å². The lowest BCUT2D eigenvalue weighted by Crippen LogP contribution is -2.45. The molecule has 1 heterocycles. The van der Waals surface area contributed by atoms with E-state index < -0.39 is 6.10 Å². The topological polar surface area (TPSA) is 67.9 Å². The summed E-state index contributed by atoms with van der Waals surface area (Å²) in [7, 11) is 0. The SMILES string of the molecule is CCc1ccc(OCC(=O)Nc2ccc3c(c2)OC(C)C(=O)N3CCc2ccccc2)cc1. The molecule has 0 aromatic heterocycles. The highest BCUT2D eigenvalue weighted by Crippen LogP contribution is 2.36. The normalized spacial score (nSPS) is 14.9. The average Bonchev–Trinajstić information content (AvgIpc) is 2.84. The Morgan fingerprint density at radius 2 is 1.79 bits per heavy atom. The molecule has 1 atom stereocenters. The standard InChI is InChI=1S/C27H28N2O4/c1-3-20-9-12-23(13-10-20)32-18-26(30)28-22-11-14-24-25(17-22)33-19(2)27(31)29(24)16-15-21-7-5-4-6-8-21/h4-14,17,19H,3,15-16,18H2,1-2H3,(H,28,30). The predicted molar refractivity (Wildman–Crippen MR) is 129 cm³/mol. The lowest BCUT2D eigenvalue weighted by atomic mass is 10.1. The van der Waals surface area contributed by atoms with E-state index in [-0.39, 0.29) is 18.4 Å². The number of aryl methyl sites for hydroxylation is 1. The maximum absolute atomic E-state index is 12.7. The number of hydrogen-bond acceptors (Lipinski definition) is 4. The number of amides is 2. The van der Waals surface area contributed by atoms with Gasteiger partial charge in [0, 0.05) is 18.3 Å². The van der Waals surface area contributed by atoms with Crippen molar-refractivity contribution in [3.05, 3.63) is 83.9 Å². The van der Waals surface area contributed by atoms with Crippen molar-refractivity contribution in [3.63, 3.8) is 0 Å². The summed E-state index contributed by atoms with van der Waals surface area (Å²) < 4.78 is 11.4. The Morgan fingerprint density at radius 1 is 1.03 bits per heavy atom. The Bertz CT molecular complexity index is 1110. The largest absolute Gasteiger partial charge is 0.484 e. The molecule has 3 aromatic carbocycles. The van der Waals surface area contributed by atoms with Crippen molar-refractivity contribution in [2.45, 2.75) is 32.8 Å². The number of hydrogen-bond donors (Lipinski definition) is 1. The molecule has 0 saturated carbocycles. The zero-order chi connectivity index (χ0) is 23.2. The third-order valence-corrected chi connectivity index (χ3v) is 5.62. The summed E-state index contributed by atoms with van der Waals surface area (Å²) in [5.74, 6) is 0.884. The number of carbonyl (C=O) groups is 2. The first-order chi connectivity index (χ1) is 16.0. The van der Waals surface area contributed by atoms with Gasteiger partial charge in [-0.25, -0.2) is 0 Å². The van der Waals surface area contributed by atoms with Crippen LogP contribution >= 0.6 is 0 Å². The number of nitrogens with zero attached hydrogens (tertiary/aromatic N) is 1. The molecule has 0 spiro atoms. The second-order valence-electron chi connectivity index (χ2n) is 8.00. The maximum atomic E-state index is 12.7. The molecule has 1 aliphatic rings. The second kappa shape index (κ2) is 10.2. The van der Waals surface area contributed by atoms with Gasteiger partial charge in [0.05, 0.1) is 5.69 Å². The van der Waals surface area contributed by atoms with Crippen molar-refractivity contribution in [3.8, 4) is 11.5 Å². The zero-order valence-corrected chi connectivity index (χ0v) is 18.9. The van der Waals surface area contributed by atoms with Crippen molar-refractivity contribution in [2.75, 3.05) is 23.4 Å². The van der Waals surface area contributed by atoms with Crippen LogP contribution in [0.2, 0.25) is 0 Å². The predicted octanol–water partition coefficient (Wildman–Crippen LogP) is 4.62. The molecule has 1 N–H and O–H groups in total. The lowest BCUT2D eigenvalue weighted by Gasteiger charge is -2.33. The number of ether oxygens (including phenoxy) is 2. The molecule has 170 valence electrons. The summed E-state index contributed by atoms with van der Waals surface area (Å²) >= 11 is 0. The van der Waals surface area contributed by atoms with E-state index in [4.69, 9.17) is 9.47 Å². The highest BCUT2D eigenvalue weighted by molar-refractivity contribution is 6.00. The third kappa shape index (κ3) is 5.52. The lowest BCUT2D eigenvalue weighted by molar-refractivity contribution is -0.125. The molecule has 4 rings (SSSR count). The Kier molecular flexibility index (Phi) is 6.93. The van der Waals surface area contributed by atoms with Gasteiger partial charge in [0.25, 0.3) is 11.8 Å². The van der Waals surface area contributed by atoms with E-state index in [0.717, 1.165) is 12.8 Å². The smallest absolute Gasteiger partial charge is 0.267 e. The van der Waals surface area contributed by atoms with Crippen LogP contribution in [0.15, 0.2) is 72.8 Å². The fourth-order valence-corrected chi connectivity index (χ4v) is 3.77. The van der Waals surface area contributed by atoms with E-state index in [9.17, 15) is 9.59 Å². The van der Waals surface area contributed by atoms with E-state index in [1.165, 1.54) is 11.1 Å². The van der Waals surface area contributed by atoms with Gasteiger partial charge in [-0.1, -0.05) is 49.4 Å². The van der Waals surface area contributed by atoms with Crippen molar-refractivity contribution < 1.29 is 19.1 Å². The molecule has 0 bridgehead atoms. The minimum atomic E-state index is -0.589. The van der Waals surface area contributed by atoms with Gasteiger partial charge in [0.2, 0.25) is 0 Å². The molecule has 6 heteroatoms.